The first-order chi connectivity index (χ1) is 14.0. The molecule has 1 saturated carbocycles. The van der Waals surface area contributed by atoms with Gasteiger partial charge in [-0.3, -0.25) is 14.4 Å². The maximum atomic E-state index is 13.1. The highest BCUT2D eigenvalue weighted by atomic mass is 16.5. The van der Waals surface area contributed by atoms with E-state index in [2.05, 4.69) is 6.92 Å². The molecule has 0 N–H and O–H groups in total. The van der Waals surface area contributed by atoms with Crippen LogP contribution in [0.2, 0.25) is 0 Å². The van der Waals surface area contributed by atoms with Gasteiger partial charge in [-0.05, 0) is 43.6 Å². The number of fused-ring (bicyclic) bond motifs is 1. The van der Waals surface area contributed by atoms with Crippen molar-refractivity contribution in [1.29, 1.82) is 0 Å². The second kappa shape index (κ2) is 8.17. The van der Waals surface area contributed by atoms with E-state index in [0.717, 1.165) is 31.2 Å². The zero-order chi connectivity index (χ0) is 20.5. The first-order valence-corrected chi connectivity index (χ1v) is 10.7. The van der Waals surface area contributed by atoms with Gasteiger partial charge in [-0.1, -0.05) is 37.3 Å². The molecule has 4 rings (SSSR count). The van der Waals surface area contributed by atoms with Gasteiger partial charge in [0.05, 0.1) is 31.7 Å². The van der Waals surface area contributed by atoms with Gasteiger partial charge in [0.2, 0.25) is 11.8 Å². The molecule has 0 bridgehead atoms. The fourth-order valence-electron chi connectivity index (χ4n) is 5.39. The second-order valence-electron chi connectivity index (χ2n) is 8.85. The Balaban J connectivity index is 1.55. The number of hydrogen-bond acceptors (Lipinski definition) is 4. The van der Waals surface area contributed by atoms with E-state index in [0.29, 0.717) is 18.9 Å². The third kappa shape index (κ3) is 3.77. The molecular formula is C23H30N2O4. The summed E-state index contributed by atoms with van der Waals surface area (Å²) in [5, 5.41) is 0. The van der Waals surface area contributed by atoms with Crippen molar-refractivity contribution in [3.63, 3.8) is 0 Å². The lowest BCUT2D eigenvalue weighted by Gasteiger charge is -2.41. The van der Waals surface area contributed by atoms with Crippen LogP contribution in [0.1, 0.15) is 50.6 Å². The van der Waals surface area contributed by atoms with Crippen molar-refractivity contribution in [2.75, 3.05) is 20.2 Å². The minimum Gasteiger partial charge on any atom is -0.469 e. The van der Waals surface area contributed by atoms with Gasteiger partial charge in [-0.2, -0.15) is 0 Å². The number of amides is 2. The molecule has 1 aromatic carbocycles. The summed E-state index contributed by atoms with van der Waals surface area (Å²) in [5.74, 6) is 0.0666. The molecule has 156 valence electrons. The molecule has 0 radical (unpaired) electrons. The summed E-state index contributed by atoms with van der Waals surface area (Å²) in [6.07, 6.45) is 4.51. The molecule has 0 unspecified atom stereocenters. The van der Waals surface area contributed by atoms with E-state index in [1.165, 1.54) is 7.11 Å². The molecule has 6 nitrogen and oxygen atoms in total. The molecular weight excluding hydrogens is 368 g/mol. The Kier molecular flexibility index (Phi) is 5.61. The molecule has 29 heavy (non-hydrogen) atoms. The van der Waals surface area contributed by atoms with Crippen LogP contribution in [0.5, 0.6) is 0 Å². The first kappa shape index (κ1) is 19.9. The highest BCUT2D eigenvalue weighted by molar-refractivity contribution is 5.89. The number of hydrogen-bond donors (Lipinski definition) is 0. The average Bonchev–Trinajstić information content (AvgIpc) is 3.14. The second-order valence-corrected chi connectivity index (χ2v) is 8.85. The number of carbonyl (C=O) groups excluding carboxylic acids is 3. The lowest BCUT2D eigenvalue weighted by Crippen LogP contribution is -2.57. The van der Waals surface area contributed by atoms with Crippen LogP contribution in [0.15, 0.2) is 30.3 Å². The summed E-state index contributed by atoms with van der Waals surface area (Å²) >= 11 is 0. The Morgan fingerprint density at radius 1 is 1.07 bits per heavy atom. The van der Waals surface area contributed by atoms with Crippen LogP contribution < -0.4 is 0 Å². The number of nitrogens with zero attached hydrogens (tertiary/aromatic N) is 2. The summed E-state index contributed by atoms with van der Waals surface area (Å²) in [7, 11) is 1.39. The molecule has 3 atom stereocenters. The smallest absolute Gasteiger partial charge is 0.311 e. The van der Waals surface area contributed by atoms with Crippen LogP contribution >= 0.6 is 0 Å². The van der Waals surface area contributed by atoms with E-state index in [4.69, 9.17) is 4.74 Å². The number of rotatable bonds is 3. The minimum absolute atomic E-state index is 0.0354. The van der Waals surface area contributed by atoms with Crippen molar-refractivity contribution in [2.24, 2.45) is 17.8 Å². The van der Waals surface area contributed by atoms with Gasteiger partial charge in [-0.15, -0.1) is 0 Å². The standard InChI is InChI=1S/C23H30N2O4/c1-15-8-10-17(11-9-15)22(27)24-13-18-12-19(23(28)29-2)21(25(18)20(26)14-24)16-6-4-3-5-7-16/h3-7,15,17-19,21H,8-14H2,1-2H3/t15?,17?,18-,19-,21-/m0/s1. The van der Waals surface area contributed by atoms with E-state index in [-0.39, 0.29) is 42.3 Å². The molecule has 2 heterocycles. The van der Waals surface area contributed by atoms with Crippen molar-refractivity contribution < 1.29 is 19.1 Å². The van der Waals surface area contributed by atoms with Crippen molar-refractivity contribution in [2.45, 2.75) is 51.1 Å². The number of methoxy groups -OCH3 is 1. The number of ether oxygens (including phenoxy) is 1. The van der Waals surface area contributed by atoms with Crippen molar-refractivity contribution in [3.8, 4) is 0 Å². The fraction of sp³-hybridized carbons (Fsp3) is 0.609. The van der Waals surface area contributed by atoms with Crippen molar-refractivity contribution in [1.82, 2.24) is 9.80 Å². The average molecular weight is 399 g/mol. The Hall–Kier alpha value is -2.37. The van der Waals surface area contributed by atoms with Crippen LogP contribution in [-0.2, 0) is 19.1 Å². The molecule has 1 aliphatic carbocycles. The minimum atomic E-state index is -0.401. The number of piperazine rings is 1. The van der Waals surface area contributed by atoms with Crippen molar-refractivity contribution in [3.05, 3.63) is 35.9 Å². The molecule has 3 aliphatic rings. The third-order valence-electron chi connectivity index (χ3n) is 6.97. The Bertz CT molecular complexity index is 772. The highest BCUT2D eigenvalue weighted by Gasteiger charge is 2.51. The summed E-state index contributed by atoms with van der Waals surface area (Å²) < 4.78 is 5.05. The van der Waals surface area contributed by atoms with E-state index < -0.39 is 5.92 Å². The molecule has 1 aromatic rings. The van der Waals surface area contributed by atoms with Crippen LogP contribution in [0.25, 0.3) is 0 Å². The zero-order valence-electron chi connectivity index (χ0n) is 17.3. The lowest BCUT2D eigenvalue weighted by molar-refractivity contribution is -0.152. The lowest BCUT2D eigenvalue weighted by atomic mass is 9.82. The molecule has 6 heteroatoms. The summed E-state index contributed by atoms with van der Waals surface area (Å²) in [4.78, 5) is 42.3. The van der Waals surface area contributed by atoms with Crippen LogP contribution in [0.3, 0.4) is 0 Å². The zero-order valence-corrected chi connectivity index (χ0v) is 17.3. The maximum absolute atomic E-state index is 13.1. The number of esters is 1. The quantitative estimate of drug-likeness (QED) is 0.735. The fourth-order valence-corrected chi connectivity index (χ4v) is 5.39. The molecule has 0 spiro atoms. The van der Waals surface area contributed by atoms with E-state index in [1.807, 2.05) is 35.2 Å². The predicted molar refractivity (Wildman–Crippen MR) is 108 cm³/mol. The Labute approximate surface area is 172 Å². The first-order valence-electron chi connectivity index (χ1n) is 10.7. The van der Waals surface area contributed by atoms with E-state index >= 15 is 0 Å². The van der Waals surface area contributed by atoms with Gasteiger partial charge in [0, 0.05) is 12.5 Å². The molecule has 3 fully saturated rings. The van der Waals surface area contributed by atoms with Crippen LogP contribution in [0, 0.1) is 17.8 Å². The summed E-state index contributed by atoms with van der Waals surface area (Å²) in [6.45, 7) is 2.85. The predicted octanol–water partition coefficient (Wildman–Crippen LogP) is 2.79. The van der Waals surface area contributed by atoms with Gasteiger partial charge >= 0.3 is 5.97 Å². The SMILES string of the molecule is COC(=O)[C@H]1C[C@H]2CN(C(=O)C3CCC(C)CC3)CC(=O)N2[C@H]1c1ccccc1. The summed E-state index contributed by atoms with van der Waals surface area (Å²) in [6, 6.07) is 9.21. The van der Waals surface area contributed by atoms with Crippen molar-refractivity contribution >= 4 is 17.8 Å². The van der Waals surface area contributed by atoms with E-state index in [9.17, 15) is 14.4 Å². The van der Waals surface area contributed by atoms with Gasteiger partial charge < -0.3 is 14.5 Å². The van der Waals surface area contributed by atoms with Gasteiger partial charge in [-0.25, -0.2) is 0 Å². The number of carbonyl (C=O) groups is 3. The normalized spacial score (nSPS) is 32.1. The topological polar surface area (TPSA) is 66.9 Å². The monoisotopic (exact) mass is 398 g/mol. The van der Waals surface area contributed by atoms with Gasteiger partial charge in [0.25, 0.3) is 0 Å². The van der Waals surface area contributed by atoms with Crippen LogP contribution in [-0.4, -0.2) is 53.8 Å². The molecule has 2 aliphatic heterocycles. The number of benzene rings is 1. The maximum Gasteiger partial charge on any atom is 0.311 e. The summed E-state index contributed by atoms with van der Waals surface area (Å²) in [5.41, 5.74) is 0.944. The highest BCUT2D eigenvalue weighted by Crippen LogP contribution is 2.43. The van der Waals surface area contributed by atoms with Gasteiger partial charge in [0.15, 0.2) is 0 Å². The largest absolute Gasteiger partial charge is 0.469 e. The molecule has 2 saturated heterocycles. The molecule has 0 aromatic heterocycles. The molecule has 2 amide bonds. The Morgan fingerprint density at radius 3 is 2.41 bits per heavy atom. The van der Waals surface area contributed by atoms with Gasteiger partial charge in [0.1, 0.15) is 0 Å². The van der Waals surface area contributed by atoms with E-state index in [1.54, 1.807) is 4.90 Å². The third-order valence-corrected chi connectivity index (χ3v) is 6.97. The Morgan fingerprint density at radius 2 is 1.76 bits per heavy atom. The van der Waals surface area contributed by atoms with Crippen LogP contribution in [0.4, 0.5) is 0 Å².